The van der Waals surface area contributed by atoms with E-state index >= 15 is 0 Å². The number of nitrogens with zero attached hydrogens (tertiary/aromatic N) is 3. The Morgan fingerprint density at radius 2 is 1.96 bits per heavy atom. The smallest absolute Gasteiger partial charge is 0.301 e. The maximum absolute atomic E-state index is 12.9. The second-order valence-electron chi connectivity index (χ2n) is 6.26. The van der Waals surface area contributed by atoms with Crippen molar-refractivity contribution in [3.05, 3.63) is 48.3 Å². The molecule has 1 saturated carbocycles. The summed E-state index contributed by atoms with van der Waals surface area (Å²) in [5.74, 6) is 0.276. The molecule has 1 aliphatic rings. The van der Waals surface area contributed by atoms with Crippen LogP contribution in [-0.4, -0.2) is 21.1 Å². The van der Waals surface area contributed by atoms with Gasteiger partial charge in [0, 0.05) is 11.8 Å². The zero-order valence-electron chi connectivity index (χ0n) is 13.1. The van der Waals surface area contributed by atoms with Crippen molar-refractivity contribution in [1.29, 1.82) is 0 Å². The van der Waals surface area contributed by atoms with Gasteiger partial charge in [0.25, 0.3) is 0 Å². The van der Waals surface area contributed by atoms with Crippen LogP contribution in [0, 0.1) is 5.92 Å². The average molecular weight is 345 g/mol. The van der Waals surface area contributed by atoms with Gasteiger partial charge >= 0.3 is 6.18 Å². The van der Waals surface area contributed by atoms with E-state index in [4.69, 9.17) is 0 Å². The van der Waals surface area contributed by atoms with Crippen LogP contribution in [0.2, 0.25) is 0 Å². The SMILES string of the molecule is O=C[C@H](C1CC1)n1ncc2ncc(-c3cccc(C(F)(F)F)c3)cc21. The van der Waals surface area contributed by atoms with Crippen molar-refractivity contribution < 1.29 is 18.0 Å². The molecule has 7 heteroatoms. The summed E-state index contributed by atoms with van der Waals surface area (Å²) < 4.78 is 40.4. The van der Waals surface area contributed by atoms with Crippen LogP contribution in [0.5, 0.6) is 0 Å². The Hall–Kier alpha value is -2.70. The van der Waals surface area contributed by atoms with Crippen molar-refractivity contribution in [2.45, 2.75) is 25.1 Å². The van der Waals surface area contributed by atoms with Crippen LogP contribution >= 0.6 is 0 Å². The van der Waals surface area contributed by atoms with Crippen molar-refractivity contribution in [3.63, 3.8) is 0 Å². The monoisotopic (exact) mass is 345 g/mol. The summed E-state index contributed by atoms with van der Waals surface area (Å²) in [7, 11) is 0. The second kappa shape index (κ2) is 5.68. The number of benzene rings is 1. The van der Waals surface area contributed by atoms with Crippen LogP contribution in [0.25, 0.3) is 22.2 Å². The molecule has 0 amide bonds. The number of aldehydes is 1. The number of hydrogen-bond donors (Lipinski definition) is 0. The van der Waals surface area contributed by atoms with E-state index < -0.39 is 11.7 Å². The van der Waals surface area contributed by atoms with Crippen molar-refractivity contribution in [1.82, 2.24) is 14.8 Å². The molecule has 0 spiro atoms. The molecule has 0 N–H and O–H groups in total. The van der Waals surface area contributed by atoms with Gasteiger partial charge in [-0.1, -0.05) is 12.1 Å². The predicted molar refractivity (Wildman–Crippen MR) is 85.8 cm³/mol. The van der Waals surface area contributed by atoms with Gasteiger partial charge in [-0.3, -0.25) is 9.67 Å². The molecule has 4 nitrogen and oxygen atoms in total. The first kappa shape index (κ1) is 15.8. The number of pyridine rings is 1. The first-order valence-corrected chi connectivity index (χ1v) is 7.93. The summed E-state index contributed by atoms with van der Waals surface area (Å²) in [5.41, 5.74) is 1.54. The minimum Gasteiger partial charge on any atom is -0.301 e. The number of alkyl halides is 3. The molecule has 2 aromatic heterocycles. The van der Waals surface area contributed by atoms with Gasteiger partial charge in [0.15, 0.2) is 0 Å². The molecule has 0 unspecified atom stereocenters. The Kier molecular flexibility index (Phi) is 3.59. The van der Waals surface area contributed by atoms with Crippen molar-refractivity contribution in [3.8, 4) is 11.1 Å². The van der Waals surface area contributed by atoms with Gasteiger partial charge in [-0.05, 0) is 42.5 Å². The van der Waals surface area contributed by atoms with Gasteiger partial charge < -0.3 is 4.79 Å². The fraction of sp³-hybridized carbons (Fsp3) is 0.278. The molecular formula is C18H14F3N3O. The predicted octanol–water partition coefficient (Wildman–Crippen LogP) is 4.27. The fourth-order valence-electron chi connectivity index (χ4n) is 3.00. The lowest BCUT2D eigenvalue weighted by Crippen LogP contribution is -2.13. The summed E-state index contributed by atoms with van der Waals surface area (Å²) in [5, 5.41) is 4.26. The summed E-state index contributed by atoms with van der Waals surface area (Å²) in [6, 6.07) is 6.51. The average Bonchev–Trinajstić information content (AvgIpc) is 3.35. The van der Waals surface area contributed by atoms with Crippen LogP contribution < -0.4 is 0 Å². The summed E-state index contributed by atoms with van der Waals surface area (Å²) in [6.45, 7) is 0. The molecule has 3 aromatic rings. The van der Waals surface area contributed by atoms with Gasteiger partial charge in [0.05, 0.1) is 17.3 Å². The highest BCUT2D eigenvalue weighted by atomic mass is 19.4. The molecule has 1 atom stereocenters. The zero-order valence-corrected chi connectivity index (χ0v) is 13.1. The van der Waals surface area contributed by atoms with E-state index in [0.717, 1.165) is 31.3 Å². The van der Waals surface area contributed by atoms with Crippen LogP contribution in [0.1, 0.15) is 24.4 Å². The van der Waals surface area contributed by atoms with Crippen LogP contribution in [0.15, 0.2) is 42.7 Å². The van der Waals surface area contributed by atoms with E-state index in [2.05, 4.69) is 10.1 Å². The van der Waals surface area contributed by atoms with E-state index in [0.29, 0.717) is 22.2 Å². The highest BCUT2D eigenvalue weighted by molar-refractivity contribution is 5.81. The van der Waals surface area contributed by atoms with E-state index in [1.54, 1.807) is 23.0 Å². The second-order valence-corrected chi connectivity index (χ2v) is 6.26. The molecule has 4 rings (SSSR count). The maximum atomic E-state index is 12.9. The molecule has 1 fully saturated rings. The molecule has 0 bridgehead atoms. The van der Waals surface area contributed by atoms with Crippen LogP contribution in [0.3, 0.4) is 0 Å². The highest BCUT2D eigenvalue weighted by Crippen LogP contribution is 2.40. The van der Waals surface area contributed by atoms with Crippen molar-refractivity contribution in [2.75, 3.05) is 0 Å². The standard InChI is InChI=1S/C18H14F3N3O/c19-18(20,21)14-3-1-2-12(6-14)13-7-16-15(22-8-13)9-23-24(16)17(10-25)11-4-5-11/h1-3,6-11,17H,4-5H2/t17-/m1/s1. The third kappa shape index (κ3) is 2.90. The number of aromatic nitrogens is 3. The Bertz CT molecular complexity index is 944. The van der Waals surface area contributed by atoms with Crippen LogP contribution in [0.4, 0.5) is 13.2 Å². The Labute approximate surface area is 141 Å². The van der Waals surface area contributed by atoms with Crippen molar-refractivity contribution >= 4 is 17.3 Å². The Balaban J connectivity index is 1.80. The zero-order chi connectivity index (χ0) is 17.6. The van der Waals surface area contributed by atoms with E-state index in [1.807, 2.05) is 0 Å². The van der Waals surface area contributed by atoms with Gasteiger partial charge in [-0.25, -0.2) is 0 Å². The molecule has 0 aliphatic heterocycles. The molecule has 0 radical (unpaired) electrons. The van der Waals surface area contributed by atoms with E-state index in [-0.39, 0.29) is 12.0 Å². The first-order chi connectivity index (χ1) is 12.0. The number of carbonyl (C=O) groups excluding carboxylic acids is 1. The highest BCUT2D eigenvalue weighted by Gasteiger charge is 2.34. The lowest BCUT2D eigenvalue weighted by atomic mass is 10.0. The molecule has 0 saturated heterocycles. The minimum absolute atomic E-state index is 0.276. The molecule has 25 heavy (non-hydrogen) atoms. The van der Waals surface area contributed by atoms with E-state index in [1.165, 1.54) is 12.3 Å². The molecule has 128 valence electrons. The molecule has 2 heterocycles. The van der Waals surface area contributed by atoms with E-state index in [9.17, 15) is 18.0 Å². The normalized spacial score (nSPS) is 16.1. The number of carbonyl (C=O) groups is 1. The molecular weight excluding hydrogens is 331 g/mol. The summed E-state index contributed by atoms with van der Waals surface area (Å²) in [4.78, 5) is 15.7. The van der Waals surface area contributed by atoms with Gasteiger partial charge in [-0.15, -0.1) is 0 Å². The quantitative estimate of drug-likeness (QED) is 0.664. The lowest BCUT2D eigenvalue weighted by Gasteiger charge is -2.12. The summed E-state index contributed by atoms with van der Waals surface area (Å²) in [6.07, 6.45) is 1.53. The van der Waals surface area contributed by atoms with Crippen molar-refractivity contribution in [2.24, 2.45) is 5.92 Å². The Morgan fingerprint density at radius 3 is 2.64 bits per heavy atom. The maximum Gasteiger partial charge on any atom is 0.416 e. The Morgan fingerprint density at radius 1 is 1.16 bits per heavy atom. The number of rotatable bonds is 4. The molecule has 1 aromatic carbocycles. The van der Waals surface area contributed by atoms with Gasteiger partial charge in [-0.2, -0.15) is 18.3 Å². The fourth-order valence-corrected chi connectivity index (χ4v) is 3.00. The third-order valence-corrected chi connectivity index (χ3v) is 4.50. The third-order valence-electron chi connectivity index (χ3n) is 4.50. The largest absolute Gasteiger partial charge is 0.416 e. The number of hydrogen-bond acceptors (Lipinski definition) is 3. The van der Waals surface area contributed by atoms with Gasteiger partial charge in [0.2, 0.25) is 0 Å². The van der Waals surface area contributed by atoms with Crippen LogP contribution in [-0.2, 0) is 11.0 Å². The minimum atomic E-state index is -4.40. The first-order valence-electron chi connectivity index (χ1n) is 7.93. The van der Waals surface area contributed by atoms with Gasteiger partial charge in [0.1, 0.15) is 17.8 Å². The molecule has 1 aliphatic carbocycles. The summed E-state index contributed by atoms with van der Waals surface area (Å²) >= 11 is 0. The topological polar surface area (TPSA) is 47.8 Å². The number of fused-ring (bicyclic) bond motifs is 1. The lowest BCUT2D eigenvalue weighted by molar-refractivity contribution is -0.137. The number of halogens is 3.